The first-order valence-corrected chi connectivity index (χ1v) is 11.0. The van der Waals surface area contributed by atoms with Crippen molar-refractivity contribution in [2.75, 3.05) is 26.7 Å². The predicted molar refractivity (Wildman–Crippen MR) is 129 cm³/mol. The Morgan fingerprint density at radius 3 is 2.22 bits per heavy atom. The molecule has 32 heavy (non-hydrogen) atoms. The number of amides is 2. The number of piperidine rings is 1. The van der Waals surface area contributed by atoms with Crippen molar-refractivity contribution in [1.29, 1.82) is 0 Å². The van der Waals surface area contributed by atoms with E-state index < -0.39 is 6.04 Å². The lowest BCUT2D eigenvalue weighted by Crippen LogP contribution is -2.47. The van der Waals surface area contributed by atoms with Gasteiger partial charge in [0.1, 0.15) is 11.8 Å². The van der Waals surface area contributed by atoms with Gasteiger partial charge in [-0.05, 0) is 55.1 Å². The second-order valence-electron chi connectivity index (χ2n) is 8.38. The van der Waals surface area contributed by atoms with E-state index in [1.807, 2.05) is 35.2 Å². The van der Waals surface area contributed by atoms with Crippen LogP contribution in [-0.2, 0) is 4.79 Å². The molecule has 1 saturated heterocycles. The van der Waals surface area contributed by atoms with Gasteiger partial charge in [0.25, 0.3) is 5.91 Å². The third-order valence-electron chi connectivity index (χ3n) is 5.75. The molecule has 0 aliphatic carbocycles. The molecule has 0 saturated carbocycles. The minimum absolute atomic E-state index is 0. The van der Waals surface area contributed by atoms with E-state index in [2.05, 4.69) is 24.5 Å². The van der Waals surface area contributed by atoms with Gasteiger partial charge in [-0.3, -0.25) is 9.59 Å². The summed E-state index contributed by atoms with van der Waals surface area (Å²) >= 11 is 0. The lowest BCUT2D eigenvalue weighted by molar-refractivity contribution is -0.134. The summed E-state index contributed by atoms with van der Waals surface area (Å²) in [5.41, 5.74) is 1.28. The van der Waals surface area contributed by atoms with Gasteiger partial charge in [0.2, 0.25) is 5.91 Å². The molecule has 1 unspecified atom stereocenters. The van der Waals surface area contributed by atoms with Crippen LogP contribution in [0.5, 0.6) is 5.75 Å². The van der Waals surface area contributed by atoms with E-state index >= 15 is 0 Å². The molecule has 1 fully saturated rings. The number of nitrogens with one attached hydrogen (secondary N) is 2. The van der Waals surface area contributed by atoms with Crippen LogP contribution in [0.25, 0.3) is 0 Å². The first-order valence-electron chi connectivity index (χ1n) is 11.0. The standard InChI is InChI=1S/C25H33N3O3.ClH/c1-18(2)26-17-19-13-15-28(16-14-19)25(30)23(20-7-5-4-6-8-20)27-24(29)21-9-11-22(31-3)12-10-21;/h4-12,18-19,23,26H,13-17H2,1-3H3,(H,27,29);1H. The van der Waals surface area contributed by atoms with Crippen LogP contribution in [-0.4, -0.2) is 49.5 Å². The normalized spacial score (nSPS) is 15.1. The third-order valence-corrected chi connectivity index (χ3v) is 5.75. The van der Waals surface area contributed by atoms with Gasteiger partial charge >= 0.3 is 0 Å². The van der Waals surface area contributed by atoms with E-state index in [-0.39, 0.29) is 24.2 Å². The van der Waals surface area contributed by atoms with Gasteiger partial charge in [-0.2, -0.15) is 0 Å². The average molecular weight is 460 g/mol. The van der Waals surface area contributed by atoms with Gasteiger partial charge in [-0.1, -0.05) is 44.2 Å². The van der Waals surface area contributed by atoms with Gasteiger partial charge < -0.3 is 20.3 Å². The molecule has 1 aliphatic heterocycles. The van der Waals surface area contributed by atoms with Crippen molar-refractivity contribution in [2.24, 2.45) is 5.92 Å². The molecule has 1 heterocycles. The number of ether oxygens (including phenoxy) is 1. The molecule has 1 atom stereocenters. The van der Waals surface area contributed by atoms with Crippen molar-refractivity contribution in [2.45, 2.75) is 38.8 Å². The fourth-order valence-electron chi connectivity index (χ4n) is 3.83. The Morgan fingerprint density at radius 2 is 1.66 bits per heavy atom. The van der Waals surface area contributed by atoms with E-state index in [1.165, 1.54) is 0 Å². The molecule has 0 spiro atoms. The number of carbonyl (C=O) groups excluding carboxylic acids is 2. The number of carbonyl (C=O) groups is 2. The zero-order chi connectivity index (χ0) is 22.2. The summed E-state index contributed by atoms with van der Waals surface area (Å²) in [6.45, 7) is 6.70. The largest absolute Gasteiger partial charge is 0.497 e. The Balaban J connectivity index is 0.00000363. The van der Waals surface area contributed by atoms with Crippen LogP contribution in [0.3, 0.4) is 0 Å². The molecule has 0 aromatic heterocycles. The fraction of sp³-hybridized carbons (Fsp3) is 0.440. The predicted octanol–water partition coefficient (Wildman–Crippen LogP) is 3.82. The Hall–Kier alpha value is -2.57. The number of rotatable bonds is 8. The highest BCUT2D eigenvalue weighted by Crippen LogP contribution is 2.23. The SMILES string of the molecule is COc1ccc(C(=O)NC(C(=O)N2CCC(CNC(C)C)CC2)c2ccccc2)cc1.Cl. The van der Waals surface area contributed by atoms with E-state index in [4.69, 9.17) is 4.74 Å². The van der Waals surface area contributed by atoms with Crippen LogP contribution >= 0.6 is 12.4 Å². The molecule has 2 amide bonds. The lowest BCUT2D eigenvalue weighted by atomic mass is 9.95. The average Bonchev–Trinajstić information content (AvgIpc) is 2.81. The van der Waals surface area contributed by atoms with E-state index in [9.17, 15) is 9.59 Å². The van der Waals surface area contributed by atoms with Gasteiger partial charge in [-0.25, -0.2) is 0 Å². The zero-order valence-corrected chi connectivity index (χ0v) is 19.9. The van der Waals surface area contributed by atoms with Crippen LogP contribution < -0.4 is 15.4 Å². The molecule has 1 aliphatic rings. The summed E-state index contributed by atoms with van der Waals surface area (Å²) < 4.78 is 5.16. The maximum Gasteiger partial charge on any atom is 0.252 e. The minimum atomic E-state index is -0.707. The molecular weight excluding hydrogens is 426 g/mol. The van der Waals surface area contributed by atoms with Crippen molar-refractivity contribution in [3.63, 3.8) is 0 Å². The fourth-order valence-corrected chi connectivity index (χ4v) is 3.83. The zero-order valence-electron chi connectivity index (χ0n) is 19.0. The maximum absolute atomic E-state index is 13.4. The Bertz CT molecular complexity index is 850. The monoisotopic (exact) mass is 459 g/mol. The topological polar surface area (TPSA) is 70.7 Å². The van der Waals surface area contributed by atoms with Crippen LogP contribution in [0.1, 0.15) is 48.7 Å². The molecule has 2 aromatic carbocycles. The van der Waals surface area contributed by atoms with Crippen molar-refractivity contribution >= 4 is 24.2 Å². The molecule has 6 nitrogen and oxygen atoms in total. The van der Waals surface area contributed by atoms with Gasteiger partial charge in [0, 0.05) is 24.7 Å². The molecule has 0 radical (unpaired) electrons. The highest BCUT2D eigenvalue weighted by molar-refractivity contribution is 5.98. The molecule has 174 valence electrons. The molecule has 2 aromatic rings. The molecule has 3 rings (SSSR count). The van der Waals surface area contributed by atoms with Crippen molar-refractivity contribution < 1.29 is 14.3 Å². The van der Waals surface area contributed by atoms with Gasteiger partial charge in [0.05, 0.1) is 7.11 Å². The van der Waals surface area contributed by atoms with E-state index in [0.29, 0.717) is 36.4 Å². The van der Waals surface area contributed by atoms with Crippen LogP contribution in [0.4, 0.5) is 0 Å². The van der Waals surface area contributed by atoms with Crippen LogP contribution in [0, 0.1) is 5.92 Å². The summed E-state index contributed by atoms with van der Waals surface area (Å²) in [4.78, 5) is 28.2. The minimum Gasteiger partial charge on any atom is -0.497 e. The summed E-state index contributed by atoms with van der Waals surface area (Å²) in [6.07, 6.45) is 1.94. The van der Waals surface area contributed by atoms with Crippen LogP contribution in [0.2, 0.25) is 0 Å². The second kappa shape index (κ2) is 12.5. The molecule has 2 N–H and O–H groups in total. The highest BCUT2D eigenvalue weighted by Gasteiger charge is 2.30. The van der Waals surface area contributed by atoms with Gasteiger partial charge in [-0.15, -0.1) is 12.4 Å². The molecule has 7 heteroatoms. The maximum atomic E-state index is 13.4. The summed E-state index contributed by atoms with van der Waals surface area (Å²) in [5, 5.41) is 6.44. The smallest absolute Gasteiger partial charge is 0.252 e. The molecular formula is C25H34ClN3O3. The summed E-state index contributed by atoms with van der Waals surface area (Å²) in [7, 11) is 1.58. The molecule has 0 bridgehead atoms. The van der Waals surface area contributed by atoms with Crippen molar-refractivity contribution in [1.82, 2.24) is 15.5 Å². The Labute approximate surface area is 197 Å². The number of likely N-dealkylation sites (tertiary alicyclic amines) is 1. The lowest BCUT2D eigenvalue weighted by Gasteiger charge is -2.35. The second-order valence-corrected chi connectivity index (χ2v) is 8.38. The van der Waals surface area contributed by atoms with E-state index in [0.717, 1.165) is 24.9 Å². The number of hydrogen-bond donors (Lipinski definition) is 2. The van der Waals surface area contributed by atoms with Crippen molar-refractivity contribution in [3.8, 4) is 5.75 Å². The van der Waals surface area contributed by atoms with Crippen LogP contribution in [0.15, 0.2) is 54.6 Å². The number of benzene rings is 2. The summed E-state index contributed by atoms with van der Waals surface area (Å²) in [5.74, 6) is 0.932. The van der Waals surface area contributed by atoms with Crippen molar-refractivity contribution in [3.05, 3.63) is 65.7 Å². The third kappa shape index (κ3) is 6.97. The summed E-state index contributed by atoms with van der Waals surface area (Å²) in [6, 6.07) is 16.1. The first kappa shape index (κ1) is 25.7. The Kier molecular flexibility index (Phi) is 10.0. The number of hydrogen-bond acceptors (Lipinski definition) is 4. The highest BCUT2D eigenvalue weighted by atomic mass is 35.5. The Morgan fingerprint density at radius 1 is 1.03 bits per heavy atom. The number of methoxy groups -OCH3 is 1. The number of halogens is 1. The number of nitrogens with zero attached hydrogens (tertiary/aromatic N) is 1. The quantitative estimate of drug-likeness (QED) is 0.629. The van der Waals surface area contributed by atoms with E-state index in [1.54, 1.807) is 31.4 Å². The first-order chi connectivity index (χ1) is 15.0. The van der Waals surface area contributed by atoms with Gasteiger partial charge in [0.15, 0.2) is 0 Å².